The van der Waals surface area contributed by atoms with Crippen molar-refractivity contribution in [2.24, 2.45) is 11.8 Å². The van der Waals surface area contributed by atoms with E-state index in [-0.39, 0.29) is 11.8 Å². The molecule has 1 amide bonds. The molecule has 0 bridgehead atoms. The number of carbonyl (C=O) groups is 1. The number of ether oxygens (including phenoxy) is 1. The smallest absolute Gasteiger partial charge is 0.410 e. The third-order valence-corrected chi connectivity index (χ3v) is 6.07. The zero-order valence-electron chi connectivity index (χ0n) is 18.3. The Morgan fingerprint density at radius 2 is 2.11 bits per heavy atom. The van der Waals surface area contributed by atoms with Crippen LogP contribution in [0.15, 0.2) is 47.3 Å². The van der Waals surface area contributed by atoms with Crippen LogP contribution in [0.3, 0.4) is 0 Å². The van der Waals surface area contributed by atoms with Crippen molar-refractivity contribution in [2.75, 3.05) is 14.1 Å². The summed E-state index contributed by atoms with van der Waals surface area (Å²) in [6.45, 7) is 10.3. The van der Waals surface area contributed by atoms with Crippen molar-refractivity contribution in [1.29, 1.82) is 0 Å². The summed E-state index contributed by atoms with van der Waals surface area (Å²) in [7, 11) is 3.36. The molecule has 2 aliphatic rings. The van der Waals surface area contributed by atoms with Gasteiger partial charge in [-0.05, 0) is 74.7 Å². The summed E-state index contributed by atoms with van der Waals surface area (Å²) < 4.78 is 6.11. The summed E-state index contributed by atoms with van der Waals surface area (Å²) >= 11 is 0. The van der Waals surface area contributed by atoms with Gasteiger partial charge in [-0.3, -0.25) is 0 Å². The topological polar surface area (TPSA) is 49.8 Å². The van der Waals surface area contributed by atoms with Crippen molar-refractivity contribution in [3.63, 3.8) is 0 Å². The molecule has 0 aromatic rings. The SMILES string of the molecule is C=C(C)C1(OC(=O)N(C)C)C=C(CCCCC)C(C)=C(O)C1C1C=CCCC1. The highest BCUT2D eigenvalue weighted by atomic mass is 16.6. The van der Waals surface area contributed by atoms with E-state index in [1.807, 2.05) is 13.8 Å². The summed E-state index contributed by atoms with van der Waals surface area (Å²) in [5, 5.41) is 11.3. The summed E-state index contributed by atoms with van der Waals surface area (Å²) in [6.07, 6.45) is 13.3. The minimum atomic E-state index is -1.03. The molecule has 0 aliphatic heterocycles. The normalized spacial score (nSPS) is 27.4. The van der Waals surface area contributed by atoms with E-state index >= 15 is 0 Å². The number of rotatable bonds is 7. The maximum Gasteiger partial charge on any atom is 0.410 e. The van der Waals surface area contributed by atoms with Crippen LogP contribution in [0.4, 0.5) is 4.79 Å². The first-order valence-corrected chi connectivity index (χ1v) is 10.6. The molecule has 4 heteroatoms. The van der Waals surface area contributed by atoms with E-state index in [0.29, 0.717) is 5.76 Å². The summed E-state index contributed by atoms with van der Waals surface area (Å²) in [6, 6.07) is 0. The molecule has 0 heterocycles. The molecule has 4 nitrogen and oxygen atoms in total. The van der Waals surface area contributed by atoms with Gasteiger partial charge in [0.15, 0.2) is 5.60 Å². The largest absolute Gasteiger partial charge is 0.512 e. The molecule has 0 saturated heterocycles. The molecular formula is C24H37NO3. The van der Waals surface area contributed by atoms with Crippen LogP contribution in [-0.4, -0.2) is 35.8 Å². The van der Waals surface area contributed by atoms with Crippen molar-refractivity contribution >= 4 is 6.09 Å². The number of hydrogen-bond acceptors (Lipinski definition) is 3. The minimum absolute atomic E-state index is 0.115. The third kappa shape index (κ3) is 4.53. The molecule has 3 unspecified atom stereocenters. The van der Waals surface area contributed by atoms with Crippen molar-refractivity contribution < 1.29 is 14.6 Å². The molecule has 2 aliphatic carbocycles. The summed E-state index contributed by atoms with van der Waals surface area (Å²) in [4.78, 5) is 14.1. The molecule has 0 saturated carbocycles. The average molecular weight is 388 g/mol. The second kappa shape index (κ2) is 9.49. The lowest BCUT2D eigenvalue weighted by atomic mass is 9.66. The van der Waals surface area contributed by atoms with Gasteiger partial charge in [0.05, 0.1) is 5.92 Å². The van der Waals surface area contributed by atoms with Gasteiger partial charge in [0.25, 0.3) is 0 Å². The Balaban J connectivity index is 2.56. The van der Waals surface area contributed by atoms with Crippen LogP contribution in [0, 0.1) is 11.8 Å². The zero-order valence-corrected chi connectivity index (χ0v) is 18.3. The van der Waals surface area contributed by atoms with Gasteiger partial charge in [-0.2, -0.15) is 0 Å². The molecular weight excluding hydrogens is 350 g/mol. The highest BCUT2D eigenvalue weighted by molar-refractivity contribution is 5.69. The molecule has 0 spiro atoms. The minimum Gasteiger partial charge on any atom is -0.512 e. The zero-order chi connectivity index (χ0) is 20.9. The Morgan fingerprint density at radius 1 is 1.39 bits per heavy atom. The first kappa shape index (κ1) is 22.3. The van der Waals surface area contributed by atoms with Crippen molar-refractivity contribution in [3.05, 3.63) is 47.3 Å². The Bertz CT molecular complexity index is 686. The monoisotopic (exact) mass is 387 g/mol. The van der Waals surface area contributed by atoms with E-state index in [2.05, 4.69) is 31.7 Å². The first-order valence-electron chi connectivity index (χ1n) is 10.6. The van der Waals surface area contributed by atoms with Crippen molar-refractivity contribution in [2.45, 2.75) is 71.3 Å². The second-order valence-electron chi connectivity index (χ2n) is 8.47. The predicted octanol–water partition coefficient (Wildman–Crippen LogP) is 6.32. The number of allylic oxidation sites excluding steroid dienone is 4. The van der Waals surface area contributed by atoms with Crippen molar-refractivity contribution in [3.8, 4) is 0 Å². The Labute approximate surface area is 170 Å². The molecule has 0 radical (unpaired) electrons. The average Bonchev–Trinajstić information content (AvgIpc) is 2.66. The fourth-order valence-electron chi connectivity index (χ4n) is 4.32. The maximum atomic E-state index is 12.6. The molecule has 3 atom stereocenters. The van der Waals surface area contributed by atoms with Gasteiger partial charge in [-0.15, -0.1) is 0 Å². The number of amides is 1. The summed E-state index contributed by atoms with van der Waals surface area (Å²) in [5.74, 6) is 0.129. The summed E-state index contributed by atoms with van der Waals surface area (Å²) in [5.41, 5.74) is 1.71. The van der Waals surface area contributed by atoms with Crippen LogP contribution >= 0.6 is 0 Å². The van der Waals surface area contributed by atoms with Crippen LogP contribution in [0.2, 0.25) is 0 Å². The highest BCUT2D eigenvalue weighted by Gasteiger charge is 2.50. The van der Waals surface area contributed by atoms with E-state index in [4.69, 9.17) is 4.74 Å². The lowest BCUT2D eigenvalue weighted by Crippen LogP contribution is -2.49. The highest BCUT2D eigenvalue weighted by Crippen LogP contribution is 2.49. The molecule has 0 aromatic carbocycles. The van der Waals surface area contributed by atoms with Crippen LogP contribution in [0.25, 0.3) is 0 Å². The molecule has 1 N–H and O–H groups in total. The van der Waals surface area contributed by atoms with E-state index in [0.717, 1.165) is 61.7 Å². The van der Waals surface area contributed by atoms with Crippen LogP contribution < -0.4 is 0 Å². The van der Waals surface area contributed by atoms with Crippen LogP contribution in [-0.2, 0) is 4.74 Å². The number of aliphatic hydroxyl groups is 1. The molecule has 2 rings (SSSR count). The Morgan fingerprint density at radius 3 is 2.64 bits per heavy atom. The number of carbonyl (C=O) groups excluding carboxylic acids is 1. The molecule has 0 aromatic heterocycles. The van der Waals surface area contributed by atoms with Crippen LogP contribution in [0.1, 0.15) is 65.7 Å². The van der Waals surface area contributed by atoms with Gasteiger partial charge in [-0.1, -0.05) is 38.5 Å². The maximum absolute atomic E-state index is 12.6. The first-order chi connectivity index (χ1) is 13.2. The van der Waals surface area contributed by atoms with Gasteiger partial charge in [0.1, 0.15) is 5.76 Å². The quantitative estimate of drug-likeness (QED) is 0.410. The fourth-order valence-corrected chi connectivity index (χ4v) is 4.32. The number of nitrogens with zero attached hydrogens (tertiary/aromatic N) is 1. The van der Waals surface area contributed by atoms with Crippen LogP contribution in [0.5, 0.6) is 0 Å². The van der Waals surface area contributed by atoms with Gasteiger partial charge in [-0.25, -0.2) is 4.79 Å². The predicted molar refractivity (Wildman–Crippen MR) is 115 cm³/mol. The van der Waals surface area contributed by atoms with E-state index in [1.165, 1.54) is 4.90 Å². The lowest BCUT2D eigenvalue weighted by Gasteiger charge is -2.45. The Hall–Kier alpha value is -1.97. The van der Waals surface area contributed by atoms with Gasteiger partial charge < -0.3 is 14.7 Å². The second-order valence-corrected chi connectivity index (χ2v) is 8.47. The standard InChI is InChI=1S/C24H37NO3/c1-7-8-10-15-20-16-24(17(2)3,28-23(27)25(5)6)21(22(26)18(20)4)19-13-11-9-12-14-19/h11,13,16,19,21,26H,2,7-10,12,14-15H2,1,3-6H3. The molecule has 28 heavy (non-hydrogen) atoms. The van der Waals surface area contributed by atoms with Crippen molar-refractivity contribution in [1.82, 2.24) is 4.90 Å². The molecule has 156 valence electrons. The van der Waals surface area contributed by atoms with Gasteiger partial charge in [0.2, 0.25) is 0 Å². The number of unbranched alkanes of at least 4 members (excludes halogenated alkanes) is 2. The molecule has 0 fully saturated rings. The van der Waals surface area contributed by atoms with E-state index < -0.39 is 11.7 Å². The van der Waals surface area contributed by atoms with Gasteiger partial charge >= 0.3 is 6.09 Å². The van der Waals surface area contributed by atoms with E-state index in [1.54, 1.807) is 14.1 Å². The fraction of sp³-hybridized carbons (Fsp3) is 0.625. The number of aliphatic hydroxyl groups excluding tert-OH is 1. The third-order valence-electron chi connectivity index (χ3n) is 6.07. The Kier molecular flexibility index (Phi) is 7.56. The van der Waals surface area contributed by atoms with Gasteiger partial charge in [0, 0.05) is 14.1 Å². The number of hydrogen-bond donors (Lipinski definition) is 1. The lowest BCUT2D eigenvalue weighted by molar-refractivity contribution is -0.00396. The van der Waals surface area contributed by atoms with E-state index in [9.17, 15) is 9.90 Å².